The van der Waals surface area contributed by atoms with Crippen LogP contribution in [0.5, 0.6) is 0 Å². The summed E-state index contributed by atoms with van der Waals surface area (Å²) in [6.45, 7) is 1.32. The summed E-state index contributed by atoms with van der Waals surface area (Å²) in [5.41, 5.74) is 0.708. The first kappa shape index (κ1) is 15.6. The molecule has 0 aliphatic carbocycles. The van der Waals surface area contributed by atoms with Crippen LogP contribution in [0.3, 0.4) is 0 Å². The fourth-order valence-electron chi connectivity index (χ4n) is 3.38. The number of hydrogen-bond acceptors (Lipinski definition) is 5. The molecule has 1 N–H and O–H groups in total. The fraction of sp³-hybridized carbons (Fsp3) is 0.294. The number of carboxylic acid groups (broad SMARTS) is 1. The Morgan fingerprint density at radius 2 is 2.20 bits per heavy atom. The van der Waals surface area contributed by atoms with Crippen molar-refractivity contribution in [1.29, 1.82) is 0 Å². The lowest BCUT2D eigenvalue weighted by Crippen LogP contribution is -2.23. The smallest absolute Gasteiger partial charge is 0.308 e. The lowest BCUT2D eigenvalue weighted by atomic mass is 9.89. The average molecular weight is 341 g/mol. The zero-order valence-corrected chi connectivity index (χ0v) is 13.3. The van der Waals surface area contributed by atoms with E-state index in [0.29, 0.717) is 36.8 Å². The molecular weight excluding hydrogens is 325 g/mol. The molecule has 4 rings (SSSR count). The molecule has 1 aromatic carbocycles. The van der Waals surface area contributed by atoms with Crippen molar-refractivity contribution >= 4 is 11.7 Å². The van der Waals surface area contributed by atoms with Gasteiger partial charge in [0.15, 0.2) is 5.82 Å². The molecule has 2 atom stereocenters. The first-order valence-corrected chi connectivity index (χ1v) is 7.97. The van der Waals surface area contributed by atoms with Gasteiger partial charge in [0.25, 0.3) is 5.78 Å². The summed E-state index contributed by atoms with van der Waals surface area (Å²) in [6, 6.07) is 7.93. The van der Waals surface area contributed by atoms with Crippen molar-refractivity contribution in [2.24, 2.45) is 5.92 Å². The Balaban J connectivity index is 1.56. The summed E-state index contributed by atoms with van der Waals surface area (Å²) in [6.07, 6.45) is 3.41. The van der Waals surface area contributed by atoms with E-state index in [1.807, 2.05) is 4.90 Å². The Labute approximate surface area is 142 Å². The minimum absolute atomic E-state index is 0.261. The van der Waals surface area contributed by atoms with Gasteiger partial charge in [-0.05, 0) is 23.8 Å². The largest absolute Gasteiger partial charge is 0.481 e. The SMILES string of the molecule is O=C(O)[C@@H]1CN(Cc2nc3ncccn3n2)C[C@H]1c1cccc(F)c1. The lowest BCUT2D eigenvalue weighted by Gasteiger charge is -2.15. The Morgan fingerprint density at radius 1 is 1.32 bits per heavy atom. The zero-order valence-electron chi connectivity index (χ0n) is 13.3. The van der Waals surface area contributed by atoms with Crippen molar-refractivity contribution < 1.29 is 14.3 Å². The van der Waals surface area contributed by atoms with Crippen molar-refractivity contribution in [1.82, 2.24) is 24.5 Å². The number of benzene rings is 1. The summed E-state index contributed by atoms with van der Waals surface area (Å²) >= 11 is 0. The van der Waals surface area contributed by atoms with Gasteiger partial charge in [0, 0.05) is 31.4 Å². The molecular formula is C17H16FN5O2. The Morgan fingerprint density at radius 3 is 2.96 bits per heavy atom. The van der Waals surface area contributed by atoms with Gasteiger partial charge in [-0.2, -0.15) is 4.98 Å². The Hall–Kier alpha value is -2.87. The number of aliphatic carboxylic acids is 1. The maximum atomic E-state index is 13.5. The Bertz CT molecular complexity index is 895. The number of nitrogens with zero attached hydrogens (tertiary/aromatic N) is 5. The van der Waals surface area contributed by atoms with Crippen LogP contribution in [0.1, 0.15) is 17.3 Å². The van der Waals surface area contributed by atoms with E-state index in [-0.39, 0.29) is 11.7 Å². The van der Waals surface area contributed by atoms with Gasteiger partial charge in [-0.1, -0.05) is 12.1 Å². The van der Waals surface area contributed by atoms with Crippen LogP contribution < -0.4 is 0 Å². The van der Waals surface area contributed by atoms with E-state index >= 15 is 0 Å². The number of rotatable bonds is 4. The van der Waals surface area contributed by atoms with Gasteiger partial charge in [0.2, 0.25) is 0 Å². The van der Waals surface area contributed by atoms with Crippen LogP contribution in [-0.4, -0.2) is 48.6 Å². The lowest BCUT2D eigenvalue weighted by molar-refractivity contribution is -0.141. The van der Waals surface area contributed by atoms with Gasteiger partial charge < -0.3 is 5.11 Å². The molecule has 1 aliphatic rings. The zero-order chi connectivity index (χ0) is 17.4. The number of fused-ring (bicyclic) bond motifs is 1. The summed E-state index contributed by atoms with van der Waals surface area (Å²) in [4.78, 5) is 22.1. The molecule has 0 radical (unpaired) electrons. The van der Waals surface area contributed by atoms with Crippen LogP contribution in [0.25, 0.3) is 5.78 Å². The second-order valence-electron chi connectivity index (χ2n) is 6.19. The van der Waals surface area contributed by atoms with E-state index in [1.54, 1.807) is 35.1 Å². The highest BCUT2D eigenvalue weighted by Crippen LogP contribution is 2.33. The number of likely N-dealkylation sites (tertiary alicyclic amines) is 1. The van der Waals surface area contributed by atoms with E-state index in [9.17, 15) is 14.3 Å². The number of carboxylic acids is 1. The Kier molecular flexibility index (Phi) is 3.89. The van der Waals surface area contributed by atoms with Crippen molar-refractivity contribution in [3.05, 3.63) is 59.9 Å². The molecule has 25 heavy (non-hydrogen) atoms. The van der Waals surface area contributed by atoms with Crippen molar-refractivity contribution in [2.75, 3.05) is 13.1 Å². The first-order chi connectivity index (χ1) is 12.1. The monoisotopic (exact) mass is 341 g/mol. The molecule has 0 spiro atoms. The third-order valence-corrected chi connectivity index (χ3v) is 4.52. The predicted octanol–water partition coefficient (Wildman–Crippen LogP) is 1.56. The van der Waals surface area contributed by atoms with Gasteiger partial charge >= 0.3 is 5.97 Å². The molecule has 0 amide bonds. The highest BCUT2D eigenvalue weighted by molar-refractivity contribution is 5.72. The maximum Gasteiger partial charge on any atom is 0.308 e. The van der Waals surface area contributed by atoms with Gasteiger partial charge in [0.1, 0.15) is 5.82 Å². The van der Waals surface area contributed by atoms with Gasteiger partial charge in [0.05, 0.1) is 12.5 Å². The van der Waals surface area contributed by atoms with E-state index < -0.39 is 11.9 Å². The summed E-state index contributed by atoms with van der Waals surface area (Å²) < 4.78 is 15.1. The molecule has 1 aliphatic heterocycles. The van der Waals surface area contributed by atoms with Gasteiger partial charge in [-0.3, -0.25) is 9.69 Å². The molecule has 1 saturated heterocycles. The highest BCUT2D eigenvalue weighted by atomic mass is 19.1. The molecule has 1 fully saturated rings. The first-order valence-electron chi connectivity index (χ1n) is 7.97. The van der Waals surface area contributed by atoms with Crippen LogP contribution in [0, 0.1) is 11.7 Å². The van der Waals surface area contributed by atoms with Gasteiger partial charge in [-0.15, -0.1) is 5.10 Å². The maximum absolute atomic E-state index is 13.5. The quantitative estimate of drug-likeness (QED) is 0.775. The third kappa shape index (κ3) is 3.08. The van der Waals surface area contributed by atoms with Crippen LogP contribution >= 0.6 is 0 Å². The summed E-state index contributed by atoms with van der Waals surface area (Å²) in [5.74, 6) is -0.981. The standard InChI is InChI=1S/C17H16FN5O2/c18-12-4-1-3-11(7-12)13-8-22(9-14(13)16(24)25)10-15-20-17-19-5-2-6-23(17)21-15/h1-7,13-14H,8-10H2,(H,24,25)/t13-,14+/m0/s1. The van der Waals surface area contributed by atoms with E-state index in [1.165, 1.54) is 12.1 Å². The van der Waals surface area contributed by atoms with Crippen LogP contribution in [0.15, 0.2) is 42.7 Å². The molecule has 7 nitrogen and oxygen atoms in total. The van der Waals surface area contributed by atoms with E-state index in [4.69, 9.17) is 0 Å². The van der Waals surface area contributed by atoms with Crippen molar-refractivity contribution in [3.63, 3.8) is 0 Å². The normalized spacial score (nSPS) is 21.0. The predicted molar refractivity (Wildman–Crippen MR) is 86.3 cm³/mol. The van der Waals surface area contributed by atoms with Crippen molar-refractivity contribution in [3.8, 4) is 0 Å². The average Bonchev–Trinajstić information content (AvgIpc) is 3.18. The molecule has 3 aromatic rings. The van der Waals surface area contributed by atoms with Crippen LogP contribution in [-0.2, 0) is 11.3 Å². The summed E-state index contributed by atoms with van der Waals surface area (Å²) in [5, 5.41) is 13.9. The minimum atomic E-state index is -0.874. The van der Waals surface area contributed by atoms with Crippen molar-refractivity contribution in [2.45, 2.75) is 12.5 Å². The van der Waals surface area contributed by atoms with Gasteiger partial charge in [-0.25, -0.2) is 13.9 Å². The third-order valence-electron chi connectivity index (χ3n) is 4.52. The second kappa shape index (κ2) is 6.21. The molecule has 0 unspecified atom stereocenters. The fourth-order valence-corrected chi connectivity index (χ4v) is 3.38. The minimum Gasteiger partial charge on any atom is -0.481 e. The van der Waals surface area contributed by atoms with E-state index in [0.717, 1.165) is 0 Å². The number of aromatic nitrogens is 4. The number of halogens is 1. The molecule has 0 bridgehead atoms. The summed E-state index contributed by atoms with van der Waals surface area (Å²) in [7, 11) is 0. The molecule has 2 aromatic heterocycles. The molecule has 0 saturated carbocycles. The number of carbonyl (C=O) groups is 1. The van der Waals surface area contributed by atoms with E-state index in [2.05, 4.69) is 15.1 Å². The van der Waals surface area contributed by atoms with Crippen LogP contribution in [0.2, 0.25) is 0 Å². The van der Waals surface area contributed by atoms with Crippen LogP contribution in [0.4, 0.5) is 4.39 Å². The molecule has 3 heterocycles. The topological polar surface area (TPSA) is 83.6 Å². The highest BCUT2D eigenvalue weighted by Gasteiger charge is 2.38. The molecule has 8 heteroatoms. The second-order valence-corrected chi connectivity index (χ2v) is 6.19. The molecule has 128 valence electrons. The number of hydrogen-bond donors (Lipinski definition) is 1.